The maximum Gasteiger partial charge on any atom is 0.305 e. The summed E-state index contributed by atoms with van der Waals surface area (Å²) in [6, 6.07) is 0.430. The van der Waals surface area contributed by atoms with Crippen molar-refractivity contribution in [3.63, 3.8) is 0 Å². The van der Waals surface area contributed by atoms with Crippen LogP contribution in [0.2, 0.25) is 0 Å². The molecule has 1 spiro atoms. The highest BCUT2D eigenvalue weighted by Crippen LogP contribution is 2.58. The molecule has 2 saturated carbocycles. The van der Waals surface area contributed by atoms with Gasteiger partial charge < -0.3 is 10.5 Å². The van der Waals surface area contributed by atoms with E-state index in [0.717, 1.165) is 0 Å². The van der Waals surface area contributed by atoms with Crippen LogP contribution >= 0.6 is 0 Å². The van der Waals surface area contributed by atoms with Crippen molar-refractivity contribution in [2.24, 2.45) is 17.1 Å². The average molecular weight is 183 g/mol. The van der Waals surface area contributed by atoms with Crippen LogP contribution < -0.4 is 5.73 Å². The van der Waals surface area contributed by atoms with E-state index in [1.807, 2.05) is 0 Å². The SMILES string of the molecule is COC(=O)CC1CC2(CC(N)C2)C1. The lowest BCUT2D eigenvalue weighted by Gasteiger charge is -2.57. The van der Waals surface area contributed by atoms with Gasteiger partial charge in [0.25, 0.3) is 0 Å². The van der Waals surface area contributed by atoms with Gasteiger partial charge in [0.05, 0.1) is 7.11 Å². The molecule has 2 aliphatic carbocycles. The Balaban J connectivity index is 1.70. The molecule has 74 valence electrons. The molecule has 0 aliphatic heterocycles. The van der Waals surface area contributed by atoms with Crippen molar-refractivity contribution in [1.29, 1.82) is 0 Å². The minimum atomic E-state index is -0.0662. The van der Waals surface area contributed by atoms with Crippen molar-refractivity contribution in [3.05, 3.63) is 0 Å². The van der Waals surface area contributed by atoms with Crippen LogP contribution in [0.25, 0.3) is 0 Å². The van der Waals surface area contributed by atoms with Crippen LogP contribution in [0.15, 0.2) is 0 Å². The van der Waals surface area contributed by atoms with Crippen LogP contribution in [0.4, 0.5) is 0 Å². The Kier molecular flexibility index (Phi) is 2.06. The van der Waals surface area contributed by atoms with E-state index in [-0.39, 0.29) is 5.97 Å². The largest absolute Gasteiger partial charge is 0.469 e. The molecule has 0 atom stereocenters. The first kappa shape index (κ1) is 9.00. The molecule has 2 fully saturated rings. The normalized spacial score (nSPS) is 42.3. The van der Waals surface area contributed by atoms with Crippen LogP contribution in [0.3, 0.4) is 0 Å². The molecule has 0 aromatic rings. The Bertz CT molecular complexity index is 213. The zero-order chi connectivity index (χ0) is 9.47. The molecular weight excluding hydrogens is 166 g/mol. The minimum absolute atomic E-state index is 0.0662. The summed E-state index contributed by atoms with van der Waals surface area (Å²) >= 11 is 0. The van der Waals surface area contributed by atoms with Gasteiger partial charge in [0.15, 0.2) is 0 Å². The van der Waals surface area contributed by atoms with Gasteiger partial charge in [-0.1, -0.05) is 0 Å². The van der Waals surface area contributed by atoms with Gasteiger partial charge in [-0.25, -0.2) is 0 Å². The van der Waals surface area contributed by atoms with E-state index in [1.54, 1.807) is 0 Å². The predicted molar refractivity (Wildman–Crippen MR) is 49.0 cm³/mol. The molecular formula is C10H17NO2. The summed E-state index contributed by atoms with van der Waals surface area (Å²) in [5.41, 5.74) is 6.28. The Morgan fingerprint density at radius 2 is 2.08 bits per heavy atom. The van der Waals surface area contributed by atoms with Gasteiger partial charge in [0.2, 0.25) is 0 Å². The third-order valence-corrected chi connectivity index (χ3v) is 3.52. The molecule has 0 heterocycles. The molecule has 2 N–H and O–H groups in total. The molecule has 0 aromatic carbocycles. The number of ether oxygens (including phenoxy) is 1. The Morgan fingerprint density at radius 1 is 1.46 bits per heavy atom. The maximum atomic E-state index is 10.9. The highest BCUT2D eigenvalue weighted by Gasteiger charge is 2.51. The molecule has 0 amide bonds. The average Bonchev–Trinajstić information content (AvgIpc) is 1.97. The molecule has 0 saturated heterocycles. The van der Waals surface area contributed by atoms with Gasteiger partial charge >= 0.3 is 5.97 Å². The van der Waals surface area contributed by atoms with Crippen molar-refractivity contribution in [2.45, 2.75) is 38.1 Å². The first-order chi connectivity index (χ1) is 6.13. The third kappa shape index (κ3) is 1.57. The Hall–Kier alpha value is -0.570. The highest BCUT2D eigenvalue weighted by atomic mass is 16.5. The smallest absolute Gasteiger partial charge is 0.305 e. The number of carbonyl (C=O) groups is 1. The van der Waals surface area contributed by atoms with Crippen molar-refractivity contribution in [3.8, 4) is 0 Å². The van der Waals surface area contributed by atoms with E-state index in [0.29, 0.717) is 23.8 Å². The van der Waals surface area contributed by atoms with Crippen LogP contribution in [0.5, 0.6) is 0 Å². The van der Waals surface area contributed by atoms with E-state index in [2.05, 4.69) is 4.74 Å². The standard InChI is InChI=1S/C10H17NO2/c1-13-9(12)2-7-3-10(4-7)5-8(11)6-10/h7-8H,2-6,11H2,1H3. The Morgan fingerprint density at radius 3 is 2.54 bits per heavy atom. The number of hydrogen-bond donors (Lipinski definition) is 1. The lowest BCUT2D eigenvalue weighted by molar-refractivity contribution is -0.145. The first-order valence-corrected chi connectivity index (χ1v) is 4.96. The van der Waals surface area contributed by atoms with Gasteiger partial charge in [-0.05, 0) is 37.0 Å². The zero-order valence-electron chi connectivity index (χ0n) is 8.08. The monoisotopic (exact) mass is 183 g/mol. The maximum absolute atomic E-state index is 10.9. The molecule has 3 nitrogen and oxygen atoms in total. The summed E-state index contributed by atoms with van der Waals surface area (Å²) in [6.45, 7) is 0. The second-order valence-electron chi connectivity index (χ2n) is 4.72. The van der Waals surface area contributed by atoms with Crippen molar-refractivity contribution in [2.75, 3.05) is 7.11 Å². The molecule has 0 bridgehead atoms. The second kappa shape index (κ2) is 2.98. The first-order valence-electron chi connectivity index (χ1n) is 4.96. The highest BCUT2D eigenvalue weighted by molar-refractivity contribution is 5.69. The van der Waals surface area contributed by atoms with E-state index in [9.17, 15) is 4.79 Å². The van der Waals surface area contributed by atoms with Gasteiger partial charge in [0.1, 0.15) is 0 Å². The van der Waals surface area contributed by atoms with Gasteiger partial charge in [-0.15, -0.1) is 0 Å². The van der Waals surface area contributed by atoms with E-state index in [1.165, 1.54) is 32.8 Å². The number of methoxy groups -OCH3 is 1. The number of carbonyl (C=O) groups excluding carboxylic acids is 1. The summed E-state index contributed by atoms with van der Waals surface area (Å²) in [5.74, 6) is 0.503. The molecule has 0 radical (unpaired) electrons. The number of rotatable bonds is 2. The molecule has 3 heteroatoms. The number of nitrogens with two attached hydrogens (primary N) is 1. The fraction of sp³-hybridized carbons (Fsp3) is 0.900. The zero-order valence-corrected chi connectivity index (χ0v) is 8.08. The van der Waals surface area contributed by atoms with Crippen molar-refractivity contribution < 1.29 is 9.53 Å². The summed E-state index contributed by atoms with van der Waals surface area (Å²) in [7, 11) is 1.45. The van der Waals surface area contributed by atoms with Crippen LogP contribution in [0, 0.1) is 11.3 Å². The molecule has 2 aliphatic rings. The molecule has 2 rings (SSSR count). The van der Waals surface area contributed by atoms with Crippen LogP contribution in [-0.4, -0.2) is 19.1 Å². The van der Waals surface area contributed by atoms with E-state index in [4.69, 9.17) is 5.73 Å². The van der Waals surface area contributed by atoms with Gasteiger partial charge in [-0.3, -0.25) is 4.79 Å². The van der Waals surface area contributed by atoms with E-state index >= 15 is 0 Å². The van der Waals surface area contributed by atoms with Crippen molar-refractivity contribution >= 4 is 5.97 Å². The van der Waals surface area contributed by atoms with Gasteiger partial charge in [-0.2, -0.15) is 0 Å². The van der Waals surface area contributed by atoms with Gasteiger partial charge in [0, 0.05) is 12.5 Å². The topological polar surface area (TPSA) is 52.3 Å². The second-order valence-corrected chi connectivity index (χ2v) is 4.72. The van der Waals surface area contributed by atoms with E-state index < -0.39 is 0 Å². The summed E-state index contributed by atoms with van der Waals surface area (Å²) < 4.78 is 4.63. The fourth-order valence-corrected chi connectivity index (χ4v) is 3.01. The molecule has 0 unspecified atom stereocenters. The summed E-state index contributed by atoms with van der Waals surface area (Å²) in [6.07, 6.45) is 5.33. The number of esters is 1. The summed E-state index contributed by atoms with van der Waals surface area (Å²) in [4.78, 5) is 10.9. The van der Waals surface area contributed by atoms with Crippen LogP contribution in [-0.2, 0) is 9.53 Å². The molecule has 0 aromatic heterocycles. The minimum Gasteiger partial charge on any atom is -0.469 e. The van der Waals surface area contributed by atoms with Crippen LogP contribution in [0.1, 0.15) is 32.1 Å². The number of hydrogen-bond acceptors (Lipinski definition) is 3. The predicted octanol–water partition coefficient (Wildman–Crippen LogP) is 1.07. The fourth-order valence-electron chi connectivity index (χ4n) is 3.01. The molecule has 13 heavy (non-hydrogen) atoms. The lowest BCUT2D eigenvalue weighted by atomic mass is 9.50. The van der Waals surface area contributed by atoms with Crippen molar-refractivity contribution in [1.82, 2.24) is 0 Å². The quantitative estimate of drug-likeness (QED) is 0.651. The lowest BCUT2D eigenvalue weighted by Crippen LogP contribution is -2.53. The Labute approximate surface area is 78.6 Å². The third-order valence-electron chi connectivity index (χ3n) is 3.52. The summed E-state index contributed by atoms with van der Waals surface area (Å²) in [5, 5.41) is 0.